The van der Waals surface area contributed by atoms with E-state index < -0.39 is 0 Å². The monoisotopic (exact) mass is 386 g/mol. The Bertz CT molecular complexity index is 776. The summed E-state index contributed by atoms with van der Waals surface area (Å²) < 4.78 is 24.5. The van der Waals surface area contributed by atoms with Crippen molar-refractivity contribution >= 4 is 5.91 Å². The van der Waals surface area contributed by atoms with Crippen LogP contribution < -0.4 is 9.47 Å². The van der Waals surface area contributed by atoms with Gasteiger partial charge >= 0.3 is 0 Å². The van der Waals surface area contributed by atoms with E-state index in [-0.39, 0.29) is 18.3 Å². The third-order valence-corrected chi connectivity index (χ3v) is 5.02. The molecule has 0 aromatic heterocycles. The molecule has 150 valence electrons. The second-order valence-corrected chi connectivity index (χ2v) is 6.86. The van der Waals surface area contributed by atoms with Crippen molar-refractivity contribution in [3.05, 3.63) is 59.9 Å². The van der Waals surface area contributed by atoms with Crippen LogP contribution in [0.25, 0.3) is 0 Å². The minimum Gasteiger partial charge on any atom is -0.493 e. The summed E-state index contributed by atoms with van der Waals surface area (Å²) in [7, 11) is 1.58. The van der Waals surface area contributed by atoms with Crippen LogP contribution >= 0.6 is 0 Å². The number of para-hydroxylation sites is 2. The molecule has 0 atom stereocenters. The van der Waals surface area contributed by atoms with Crippen molar-refractivity contribution in [2.24, 2.45) is 0 Å². The number of carbonyl (C=O) groups is 1. The SMILES string of the molecule is COc1ccccc1OCC(=O)N1CCN(CCCc2ccccc2F)CC1. The molecule has 1 fully saturated rings. The quantitative estimate of drug-likeness (QED) is 0.700. The Labute approximate surface area is 165 Å². The summed E-state index contributed by atoms with van der Waals surface area (Å²) in [6, 6.07) is 14.2. The van der Waals surface area contributed by atoms with E-state index in [1.165, 1.54) is 6.07 Å². The van der Waals surface area contributed by atoms with Gasteiger partial charge in [-0.2, -0.15) is 0 Å². The van der Waals surface area contributed by atoms with Gasteiger partial charge < -0.3 is 14.4 Å². The molecule has 0 radical (unpaired) electrons. The Morgan fingerprint density at radius 3 is 2.39 bits per heavy atom. The van der Waals surface area contributed by atoms with E-state index in [9.17, 15) is 9.18 Å². The highest BCUT2D eigenvalue weighted by molar-refractivity contribution is 5.78. The fraction of sp³-hybridized carbons (Fsp3) is 0.409. The van der Waals surface area contributed by atoms with Gasteiger partial charge in [-0.25, -0.2) is 4.39 Å². The van der Waals surface area contributed by atoms with Crippen molar-refractivity contribution in [2.45, 2.75) is 12.8 Å². The zero-order valence-corrected chi connectivity index (χ0v) is 16.3. The fourth-order valence-corrected chi connectivity index (χ4v) is 3.38. The van der Waals surface area contributed by atoms with Crippen LogP contribution in [-0.2, 0) is 11.2 Å². The lowest BCUT2D eigenvalue weighted by molar-refractivity contribution is -0.135. The maximum atomic E-state index is 13.7. The summed E-state index contributed by atoms with van der Waals surface area (Å²) in [6.45, 7) is 3.96. The maximum absolute atomic E-state index is 13.7. The fourth-order valence-electron chi connectivity index (χ4n) is 3.38. The number of amides is 1. The third-order valence-electron chi connectivity index (χ3n) is 5.02. The van der Waals surface area contributed by atoms with Crippen LogP contribution in [0.5, 0.6) is 11.5 Å². The summed E-state index contributed by atoms with van der Waals surface area (Å²) >= 11 is 0. The molecule has 0 spiro atoms. The summed E-state index contributed by atoms with van der Waals surface area (Å²) in [5, 5.41) is 0. The topological polar surface area (TPSA) is 42.0 Å². The van der Waals surface area contributed by atoms with Crippen LogP contribution in [0.4, 0.5) is 4.39 Å². The molecule has 1 saturated heterocycles. The minimum atomic E-state index is -0.132. The number of hydrogen-bond acceptors (Lipinski definition) is 4. The lowest BCUT2D eigenvalue weighted by Gasteiger charge is -2.34. The van der Waals surface area contributed by atoms with Crippen molar-refractivity contribution in [3.63, 3.8) is 0 Å². The van der Waals surface area contributed by atoms with Crippen molar-refractivity contribution in [2.75, 3.05) is 46.4 Å². The number of rotatable bonds is 8. The van der Waals surface area contributed by atoms with E-state index in [4.69, 9.17) is 9.47 Å². The van der Waals surface area contributed by atoms with E-state index in [2.05, 4.69) is 4.90 Å². The van der Waals surface area contributed by atoms with E-state index in [0.29, 0.717) is 24.6 Å². The number of halogens is 1. The molecule has 1 aliphatic rings. The Morgan fingerprint density at radius 2 is 1.68 bits per heavy atom. The first-order valence-electron chi connectivity index (χ1n) is 9.66. The van der Waals surface area contributed by atoms with Gasteiger partial charge in [-0.15, -0.1) is 0 Å². The van der Waals surface area contributed by atoms with Crippen molar-refractivity contribution in [3.8, 4) is 11.5 Å². The molecular weight excluding hydrogens is 359 g/mol. The van der Waals surface area contributed by atoms with Gasteiger partial charge in [-0.1, -0.05) is 30.3 Å². The molecule has 3 rings (SSSR count). The highest BCUT2D eigenvalue weighted by Gasteiger charge is 2.21. The van der Waals surface area contributed by atoms with Gasteiger partial charge in [0, 0.05) is 26.2 Å². The lowest BCUT2D eigenvalue weighted by Crippen LogP contribution is -2.50. The molecule has 1 amide bonds. The summed E-state index contributed by atoms with van der Waals surface area (Å²) in [5.41, 5.74) is 0.768. The number of aryl methyl sites for hydroxylation is 1. The van der Waals surface area contributed by atoms with Gasteiger partial charge in [0.05, 0.1) is 7.11 Å². The van der Waals surface area contributed by atoms with Gasteiger partial charge in [-0.3, -0.25) is 9.69 Å². The predicted octanol–water partition coefficient (Wildman–Crippen LogP) is 2.99. The normalized spacial score (nSPS) is 14.7. The van der Waals surface area contributed by atoms with Gasteiger partial charge in [0.1, 0.15) is 5.82 Å². The smallest absolute Gasteiger partial charge is 0.260 e. The van der Waals surface area contributed by atoms with Crippen LogP contribution in [-0.4, -0.2) is 62.1 Å². The van der Waals surface area contributed by atoms with Crippen molar-refractivity contribution < 1.29 is 18.7 Å². The zero-order valence-electron chi connectivity index (χ0n) is 16.3. The van der Waals surface area contributed by atoms with Gasteiger partial charge in [0.15, 0.2) is 18.1 Å². The third kappa shape index (κ3) is 5.45. The van der Waals surface area contributed by atoms with Crippen molar-refractivity contribution in [1.29, 1.82) is 0 Å². The number of methoxy groups -OCH3 is 1. The molecule has 2 aromatic carbocycles. The molecule has 6 heteroatoms. The number of benzene rings is 2. The van der Waals surface area contributed by atoms with E-state index in [0.717, 1.165) is 38.0 Å². The lowest BCUT2D eigenvalue weighted by atomic mass is 10.1. The second kappa shape index (κ2) is 10.1. The van der Waals surface area contributed by atoms with E-state index in [1.54, 1.807) is 25.3 Å². The van der Waals surface area contributed by atoms with Crippen LogP contribution in [0.15, 0.2) is 48.5 Å². The zero-order chi connectivity index (χ0) is 19.8. The maximum Gasteiger partial charge on any atom is 0.260 e. The summed E-state index contributed by atoms with van der Waals surface area (Å²) in [4.78, 5) is 16.6. The molecule has 0 unspecified atom stereocenters. The molecule has 0 aliphatic carbocycles. The second-order valence-electron chi connectivity index (χ2n) is 6.86. The molecule has 1 aliphatic heterocycles. The Morgan fingerprint density at radius 1 is 1.00 bits per heavy atom. The first kappa shape index (κ1) is 20.1. The largest absolute Gasteiger partial charge is 0.493 e. The van der Waals surface area contributed by atoms with Crippen LogP contribution in [0.2, 0.25) is 0 Å². The minimum absolute atomic E-state index is 0.00760. The average Bonchev–Trinajstić information content (AvgIpc) is 2.74. The van der Waals surface area contributed by atoms with Crippen molar-refractivity contribution in [1.82, 2.24) is 9.80 Å². The summed E-state index contributed by atoms with van der Waals surface area (Å²) in [5.74, 6) is 1.05. The first-order chi connectivity index (χ1) is 13.7. The Kier molecular flexibility index (Phi) is 7.25. The van der Waals surface area contributed by atoms with Gasteiger partial charge in [0.2, 0.25) is 0 Å². The Hall–Kier alpha value is -2.60. The standard InChI is InChI=1S/C22H27FN2O3/c1-27-20-10-4-5-11-21(20)28-17-22(26)25-15-13-24(14-16-25)12-6-8-18-7-2-3-9-19(18)23/h2-5,7,9-11H,6,8,12-17H2,1H3. The number of carbonyl (C=O) groups excluding carboxylic acids is 1. The van der Waals surface area contributed by atoms with Gasteiger partial charge in [-0.05, 0) is 43.1 Å². The Balaban J connectivity index is 1.37. The van der Waals surface area contributed by atoms with E-state index >= 15 is 0 Å². The highest BCUT2D eigenvalue weighted by Crippen LogP contribution is 2.25. The molecule has 2 aromatic rings. The van der Waals surface area contributed by atoms with E-state index in [1.807, 2.05) is 29.2 Å². The molecule has 1 heterocycles. The van der Waals surface area contributed by atoms with Gasteiger partial charge in [0.25, 0.3) is 5.91 Å². The first-order valence-corrected chi connectivity index (χ1v) is 9.66. The molecule has 0 bridgehead atoms. The average molecular weight is 386 g/mol. The van der Waals surface area contributed by atoms with Crippen LogP contribution in [0.3, 0.4) is 0 Å². The summed E-state index contributed by atoms with van der Waals surface area (Å²) in [6.07, 6.45) is 1.64. The predicted molar refractivity (Wildman–Crippen MR) is 106 cm³/mol. The molecular formula is C22H27FN2O3. The molecule has 28 heavy (non-hydrogen) atoms. The van der Waals surface area contributed by atoms with Crippen LogP contribution in [0.1, 0.15) is 12.0 Å². The molecule has 0 N–H and O–H groups in total. The van der Waals surface area contributed by atoms with Crippen LogP contribution in [0, 0.1) is 5.82 Å². The highest BCUT2D eigenvalue weighted by atomic mass is 19.1. The number of piperazine rings is 1. The number of nitrogens with zero attached hydrogens (tertiary/aromatic N) is 2. The molecule has 0 saturated carbocycles. The number of ether oxygens (including phenoxy) is 2. The number of hydrogen-bond donors (Lipinski definition) is 0. The molecule has 5 nitrogen and oxygen atoms in total.